The molecule has 0 amide bonds. The molecule has 0 aliphatic carbocycles. The van der Waals surface area contributed by atoms with E-state index in [0.717, 1.165) is 5.69 Å². The van der Waals surface area contributed by atoms with Crippen LogP contribution in [-0.4, -0.2) is 33.1 Å². The van der Waals surface area contributed by atoms with Gasteiger partial charge in [-0.15, -0.1) is 0 Å². The molecule has 0 bridgehead atoms. The number of imidazole rings is 1. The zero-order valence-electron chi connectivity index (χ0n) is 8.17. The van der Waals surface area contributed by atoms with Gasteiger partial charge in [0.25, 0.3) is 0 Å². The Kier molecular flexibility index (Phi) is 2.59. The van der Waals surface area contributed by atoms with Gasteiger partial charge in [0.1, 0.15) is 5.82 Å². The summed E-state index contributed by atoms with van der Waals surface area (Å²) in [6, 6.07) is 1.76. The number of aldehydes is 1. The van der Waals surface area contributed by atoms with Crippen molar-refractivity contribution >= 4 is 6.29 Å². The van der Waals surface area contributed by atoms with Gasteiger partial charge in [0.2, 0.25) is 0 Å². The van der Waals surface area contributed by atoms with E-state index in [1.807, 2.05) is 0 Å². The molecule has 0 aliphatic heterocycles. The molecule has 0 aliphatic rings. The highest BCUT2D eigenvalue weighted by Gasteiger charge is 2.11. The highest BCUT2D eigenvalue weighted by atomic mass is 16.5. The predicted octanol–water partition coefficient (Wildman–Crippen LogP) is 0.554. The minimum atomic E-state index is 0.325. The van der Waals surface area contributed by atoms with Gasteiger partial charge in [-0.3, -0.25) is 14.5 Å². The van der Waals surface area contributed by atoms with Crippen LogP contribution >= 0.6 is 0 Å². The summed E-state index contributed by atoms with van der Waals surface area (Å²) < 4.78 is 6.68. The fourth-order valence-corrected chi connectivity index (χ4v) is 1.39. The van der Waals surface area contributed by atoms with Crippen molar-refractivity contribution in [3.63, 3.8) is 0 Å². The molecular formula is C9H10N4O2. The third kappa shape index (κ3) is 1.66. The van der Waals surface area contributed by atoms with E-state index in [9.17, 15) is 4.79 Å². The maximum absolute atomic E-state index is 10.8. The van der Waals surface area contributed by atoms with E-state index in [4.69, 9.17) is 4.74 Å². The maximum atomic E-state index is 10.8. The molecule has 2 rings (SSSR count). The number of carbonyl (C=O) groups is 1. The summed E-state index contributed by atoms with van der Waals surface area (Å²) >= 11 is 0. The van der Waals surface area contributed by atoms with Gasteiger partial charge < -0.3 is 4.74 Å². The van der Waals surface area contributed by atoms with Gasteiger partial charge in [-0.2, -0.15) is 5.10 Å². The maximum Gasteiger partial charge on any atom is 0.185 e. The van der Waals surface area contributed by atoms with Crippen molar-refractivity contribution in [2.45, 2.75) is 6.61 Å². The highest BCUT2D eigenvalue weighted by molar-refractivity contribution is 5.70. The number of hydrogen-bond donors (Lipinski definition) is 1. The lowest BCUT2D eigenvalue weighted by molar-refractivity contribution is 0.111. The Labute approximate surface area is 85.9 Å². The lowest BCUT2D eigenvalue weighted by Gasteiger charge is -2.05. The molecule has 78 valence electrons. The standard InChI is InChI=1S/C9H10N4O2/c1-15-6-7-4-10-9(5-14)13(7)8-2-3-11-12-8/h2-5H,6H2,1H3,(H,11,12). The number of aromatic nitrogens is 4. The van der Waals surface area contributed by atoms with Crippen LogP contribution in [0.1, 0.15) is 16.3 Å². The van der Waals surface area contributed by atoms with E-state index < -0.39 is 0 Å². The Morgan fingerprint density at radius 1 is 1.67 bits per heavy atom. The van der Waals surface area contributed by atoms with Gasteiger partial charge in [0.15, 0.2) is 12.1 Å². The van der Waals surface area contributed by atoms with E-state index in [2.05, 4.69) is 15.2 Å². The minimum absolute atomic E-state index is 0.325. The SMILES string of the molecule is COCc1cnc(C=O)n1-c1ccn[nH]1. The second-order valence-corrected chi connectivity index (χ2v) is 2.94. The van der Waals surface area contributed by atoms with Gasteiger partial charge in [-0.25, -0.2) is 4.98 Å². The minimum Gasteiger partial charge on any atom is -0.378 e. The fraction of sp³-hybridized carbons (Fsp3) is 0.222. The molecule has 0 radical (unpaired) electrons. The molecule has 2 aromatic rings. The quantitative estimate of drug-likeness (QED) is 0.741. The fourth-order valence-electron chi connectivity index (χ4n) is 1.39. The number of methoxy groups -OCH3 is 1. The van der Waals surface area contributed by atoms with Crippen molar-refractivity contribution in [3.05, 3.63) is 30.0 Å². The molecule has 6 heteroatoms. The summed E-state index contributed by atoms with van der Waals surface area (Å²) in [5.74, 6) is 1.02. The van der Waals surface area contributed by atoms with Crippen molar-refractivity contribution in [1.29, 1.82) is 0 Å². The zero-order chi connectivity index (χ0) is 10.7. The lowest BCUT2D eigenvalue weighted by Crippen LogP contribution is -2.05. The number of nitrogens with one attached hydrogen (secondary N) is 1. The van der Waals surface area contributed by atoms with Crippen LogP contribution in [0, 0.1) is 0 Å². The van der Waals surface area contributed by atoms with E-state index in [0.29, 0.717) is 24.5 Å². The molecule has 0 saturated heterocycles. The summed E-state index contributed by atoms with van der Waals surface area (Å²) in [5, 5.41) is 6.60. The Balaban J connectivity index is 2.50. The molecule has 1 N–H and O–H groups in total. The number of H-pyrrole nitrogens is 1. The molecule has 15 heavy (non-hydrogen) atoms. The third-order valence-corrected chi connectivity index (χ3v) is 1.99. The smallest absolute Gasteiger partial charge is 0.185 e. The molecule has 0 aromatic carbocycles. The van der Waals surface area contributed by atoms with E-state index in [1.54, 1.807) is 30.1 Å². The molecule has 0 saturated carbocycles. The topological polar surface area (TPSA) is 72.8 Å². The first kappa shape index (κ1) is 9.60. The first-order valence-electron chi connectivity index (χ1n) is 4.37. The van der Waals surface area contributed by atoms with Crippen LogP contribution in [0.25, 0.3) is 5.82 Å². The number of aromatic amines is 1. The Bertz CT molecular complexity index is 447. The number of hydrogen-bond acceptors (Lipinski definition) is 4. The molecule has 0 fully saturated rings. The lowest BCUT2D eigenvalue weighted by atomic mass is 10.4. The average Bonchev–Trinajstić information content (AvgIpc) is 2.85. The summed E-state index contributed by atoms with van der Waals surface area (Å²) in [6.07, 6.45) is 3.91. The van der Waals surface area contributed by atoms with Crippen molar-refractivity contribution in [1.82, 2.24) is 19.7 Å². The van der Waals surface area contributed by atoms with Gasteiger partial charge in [-0.1, -0.05) is 0 Å². The molecular weight excluding hydrogens is 196 g/mol. The molecule has 0 unspecified atom stereocenters. The van der Waals surface area contributed by atoms with Gasteiger partial charge in [-0.05, 0) is 0 Å². The van der Waals surface area contributed by atoms with Crippen LogP contribution in [-0.2, 0) is 11.3 Å². The highest BCUT2D eigenvalue weighted by Crippen LogP contribution is 2.11. The summed E-state index contributed by atoms with van der Waals surface area (Å²) in [6.45, 7) is 0.389. The van der Waals surface area contributed by atoms with Crippen LogP contribution in [0.3, 0.4) is 0 Å². The van der Waals surface area contributed by atoms with Crippen LogP contribution in [0.4, 0.5) is 0 Å². The molecule has 6 nitrogen and oxygen atoms in total. The van der Waals surface area contributed by atoms with E-state index in [-0.39, 0.29) is 0 Å². The third-order valence-electron chi connectivity index (χ3n) is 1.99. The molecule has 2 heterocycles. The normalized spacial score (nSPS) is 10.5. The largest absolute Gasteiger partial charge is 0.378 e. The van der Waals surface area contributed by atoms with Crippen LogP contribution in [0.5, 0.6) is 0 Å². The molecule has 2 aromatic heterocycles. The van der Waals surface area contributed by atoms with Crippen LogP contribution in [0.15, 0.2) is 18.5 Å². The Morgan fingerprint density at radius 2 is 2.53 bits per heavy atom. The first-order chi connectivity index (χ1) is 7.36. The van der Waals surface area contributed by atoms with Crippen LogP contribution < -0.4 is 0 Å². The van der Waals surface area contributed by atoms with Crippen molar-refractivity contribution < 1.29 is 9.53 Å². The van der Waals surface area contributed by atoms with Crippen molar-refractivity contribution in [2.24, 2.45) is 0 Å². The number of nitrogens with zero attached hydrogens (tertiary/aromatic N) is 3. The summed E-state index contributed by atoms with van der Waals surface area (Å²) in [7, 11) is 1.59. The van der Waals surface area contributed by atoms with Gasteiger partial charge in [0.05, 0.1) is 24.7 Å². The predicted molar refractivity (Wildman–Crippen MR) is 51.8 cm³/mol. The van der Waals surface area contributed by atoms with Crippen molar-refractivity contribution in [3.8, 4) is 5.82 Å². The molecule has 0 spiro atoms. The van der Waals surface area contributed by atoms with Gasteiger partial charge in [0, 0.05) is 13.2 Å². The monoisotopic (exact) mass is 206 g/mol. The Morgan fingerprint density at radius 3 is 3.13 bits per heavy atom. The summed E-state index contributed by atoms with van der Waals surface area (Å²) in [4.78, 5) is 14.8. The second-order valence-electron chi connectivity index (χ2n) is 2.94. The van der Waals surface area contributed by atoms with E-state index in [1.165, 1.54) is 0 Å². The summed E-state index contributed by atoms with van der Waals surface area (Å²) in [5.41, 5.74) is 0.795. The van der Waals surface area contributed by atoms with Crippen LogP contribution in [0.2, 0.25) is 0 Å². The zero-order valence-corrected chi connectivity index (χ0v) is 8.17. The number of ether oxygens (including phenoxy) is 1. The second kappa shape index (κ2) is 4.05. The number of carbonyl (C=O) groups excluding carboxylic acids is 1. The first-order valence-corrected chi connectivity index (χ1v) is 4.37. The average molecular weight is 206 g/mol. The molecule has 0 atom stereocenters. The van der Waals surface area contributed by atoms with E-state index >= 15 is 0 Å². The van der Waals surface area contributed by atoms with Gasteiger partial charge >= 0.3 is 0 Å². The number of rotatable bonds is 4. The Hall–Kier alpha value is -1.95. The van der Waals surface area contributed by atoms with Crippen molar-refractivity contribution in [2.75, 3.05) is 7.11 Å².